The highest BCUT2D eigenvalue weighted by molar-refractivity contribution is 5.19. The van der Waals surface area contributed by atoms with Crippen molar-refractivity contribution in [1.29, 1.82) is 0 Å². The summed E-state index contributed by atoms with van der Waals surface area (Å²) in [5, 5.41) is 7.93. The quantitative estimate of drug-likeness (QED) is 0.776. The molecule has 82 valence electrons. The minimum atomic E-state index is 0.388. The predicted octanol–water partition coefficient (Wildman–Crippen LogP) is 0.708. The van der Waals surface area contributed by atoms with Crippen LogP contribution < -0.4 is 5.32 Å². The lowest BCUT2D eigenvalue weighted by atomic mass is 10.1. The van der Waals surface area contributed by atoms with Gasteiger partial charge in [-0.1, -0.05) is 0 Å². The van der Waals surface area contributed by atoms with Gasteiger partial charge < -0.3 is 10.1 Å². The van der Waals surface area contributed by atoms with E-state index in [4.69, 9.17) is 4.74 Å². The van der Waals surface area contributed by atoms with E-state index in [1.54, 1.807) is 0 Å². The van der Waals surface area contributed by atoms with E-state index in [1.807, 2.05) is 0 Å². The number of nitrogens with one attached hydrogen (secondary N) is 1. The maximum Gasteiger partial charge on any atom is 0.0794 e. The Morgan fingerprint density at radius 2 is 2.60 bits per heavy atom. The monoisotopic (exact) mass is 207 g/mol. The molecular formula is C11H17N3O. The fraction of sp³-hybridized carbons (Fsp3) is 0.727. The van der Waals surface area contributed by atoms with E-state index in [1.165, 1.54) is 24.1 Å². The first-order valence-corrected chi connectivity index (χ1v) is 5.79. The Labute approximate surface area is 89.6 Å². The molecule has 1 saturated heterocycles. The van der Waals surface area contributed by atoms with Crippen molar-refractivity contribution in [2.45, 2.75) is 38.5 Å². The summed E-state index contributed by atoms with van der Waals surface area (Å²) in [6.45, 7) is 3.85. The highest BCUT2D eigenvalue weighted by Crippen LogP contribution is 2.16. The number of fused-ring (bicyclic) bond motifs is 1. The van der Waals surface area contributed by atoms with Gasteiger partial charge in [0.2, 0.25) is 0 Å². The first-order valence-electron chi connectivity index (χ1n) is 5.79. The summed E-state index contributed by atoms with van der Waals surface area (Å²) in [5.74, 6) is 0. The van der Waals surface area contributed by atoms with E-state index in [0.29, 0.717) is 6.10 Å². The molecule has 4 nitrogen and oxygen atoms in total. The van der Waals surface area contributed by atoms with Gasteiger partial charge in [-0.15, -0.1) is 0 Å². The first-order chi connectivity index (χ1) is 7.42. The summed E-state index contributed by atoms with van der Waals surface area (Å²) in [4.78, 5) is 0. The highest BCUT2D eigenvalue weighted by atomic mass is 16.5. The molecule has 1 fully saturated rings. The topological polar surface area (TPSA) is 39.1 Å². The third-order valence-corrected chi connectivity index (χ3v) is 3.20. The third kappa shape index (κ3) is 1.92. The minimum absolute atomic E-state index is 0.388. The standard InChI is InChI=1S/C11H17N3O/c1-2-10(15-5-1)8-14-7-9-3-4-12-6-11(9)13-14/h7,10,12H,1-6,8H2. The van der Waals surface area contributed by atoms with Crippen LogP contribution in [0.1, 0.15) is 24.1 Å². The van der Waals surface area contributed by atoms with E-state index in [-0.39, 0.29) is 0 Å². The Bertz CT molecular complexity index is 318. The summed E-state index contributed by atoms with van der Waals surface area (Å²) < 4.78 is 7.68. The predicted molar refractivity (Wildman–Crippen MR) is 56.6 cm³/mol. The van der Waals surface area contributed by atoms with Crippen molar-refractivity contribution in [2.24, 2.45) is 0 Å². The van der Waals surface area contributed by atoms with Crippen molar-refractivity contribution in [1.82, 2.24) is 15.1 Å². The maximum absolute atomic E-state index is 5.61. The van der Waals surface area contributed by atoms with Gasteiger partial charge in [0.25, 0.3) is 0 Å². The van der Waals surface area contributed by atoms with E-state index in [2.05, 4.69) is 21.3 Å². The summed E-state index contributed by atoms with van der Waals surface area (Å²) in [5.41, 5.74) is 2.63. The molecule has 1 N–H and O–H groups in total. The zero-order valence-electron chi connectivity index (χ0n) is 8.91. The molecule has 1 unspecified atom stereocenters. The van der Waals surface area contributed by atoms with Crippen molar-refractivity contribution in [3.05, 3.63) is 17.5 Å². The van der Waals surface area contributed by atoms with E-state index >= 15 is 0 Å². The van der Waals surface area contributed by atoms with Crippen LogP contribution in [0.25, 0.3) is 0 Å². The molecular weight excluding hydrogens is 190 g/mol. The molecule has 2 aliphatic rings. The SMILES string of the molecule is c1c2c(nn1CC1CCCO1)CNCC2. The fourth-order valence-electron chi connectivity index (χ4n) is 2.38. The maximum atomic E-state index is 5.61. The van der Waals surface area contributed by atoms with Gasteiger partial charge >= 0.3 is 0 Å². The smallest absolute Gasteiger partial charge is 0.0794 e. The number of rotatable bonds is 2. The second-order valence-electron chi connectivity index (χ2n) is 4.38. The van der Waals surface area contributed by atoms with Crippen molar-refractivity contribution in [2.75, 3.05) is 13.2 Å². The van der Waals surface area contributed by atoms with Crippen LogP contribution in [0.15, 0.2) is 6.20 Å². The summed E-state index contributed by atoms with van der Waals surface area (Å²) in [6, 6.07) is 0. The van der Waals surface area contributed by atoms with Gasteiger partial charge in [-0.3, -0.25) is 4.68 Å². The lowest BCUT2D eigenvalue weighted by Crippen LogP contribution is -2.23. The van der Waals surface area contributed by atoms with Gasteiger partial charge in [0, 0.05) is 19.3 Å². The molecule has 0 spiro atoms. The highest BCUT2D eigenvalue weighted by Gasteiger charge is 2.18. The van der Waals surface area contributed by atoms with Crippen LogP contribution in [-0.2, 0) is 24.2 Å². The molecule has 3 heterocycles. The molecule has 2 aliphatic heterocycles. The van der Waals surface area contributed by atoms with Gasteiger partial charge in [0.1, 0.15) is 0 Å². The molecule has 1 aromatic heterocycles. The molecule has 4 heteroatoms. The molecule has 0 bridgehead atoms. The average Bonchev–Trinajstić information content (AvgIpc) is 2.86. The van der Waals surface area contributed by atoms with Crippen LogP contribution in [0.5, 0.6) is 0 Å². The van der Waals surface area contributed by atoms with E-state index in [0.717, 1.165) is 32.7 Å². The van der Waals surface area contributed by atoms with Crippen LogP contribution >= 0.6 is 0 Å². The van der Waals surface area contributed by atoms with Crippen LogP contribution in [0.2, 0.25) is 0 Å². The number of hydrogen-bond donors (Lipinski definition) is 1. The first kappa shape index (κ1) is 9.36. The van der Waals surface area contributed by atoms with Gasteiger partial charge in [-0.25, -0.2) is 0 Å². The summed E-state index contributed by atoms with van der Waals surface area (Å²) in [7, 11) is 0. The van der Waals surface area contributed by atoms with Crippen LogP contribution in [0.3, 0.4) is 0 Å². The minimum Gasteiger partial charge on any atom is -0.376 e. The van der Waals surface area contributed by atoms with Crippen LogP contribution in [-0.4, -0.2) is 29.0 Å². The zero-order valence-corrected chi connectivity index (χ0v) is 8.91. The van der Waals surface area contributed by atoms with E-state index < -0.39 is 0 Å². The van der Waals surface area contributed by atoms with Crippen LogP contribution in [0.4, 0.5) is 0 Å². The lowest BCUT2D eigenvalue weighted by molar-refractivity contribution is 0.0939. The normalized spacial score (nSPS) is 25.5. The third-order valence-electron chi connectivity index (χ3n) is 3.20. The Morgan fingerprint density at radius 1 is 1.60 bits per heavy atom. The molecule has 3 rings (SSSR count). The molecule has 0 amide bonds. The second-order valence-corrected chi connectivity index (χ2v) is 4.38. The molecule has 15 heavy (non-hydrogen) atoms. The van der Waals surface area contributed by atoms with Crippen molar-refractivity contribution in [3.63, 3.8) is 0 Å². The Morgan fingerprint density at radius 3 is 3.40 bits per heavy atom. The second kappa shape index (κ2) is 3.94. The summed E-state index contributed by atoms with van der Waals surface area (Å²) >= 11 is 0. The fourth-order valence-corrected chi connectivity index (χ4v) is 2.38. The number of nitrogens with zero attached hydrogens (tertiary/aromatic N) is 2. The van der Waals surface area contributed by atoms with Crippen LogP contribution in [0, 0.1) is 0 Å². The van der Waals surface area contributed by atoms with Crippen molar-refractivity contribution in [3.8, 4) is 0 Å². The number of aromatic nitrogens is 2. The van der Waals surface area contributed by atoms with Gasteiger partial charge in [-0.2, -0.15) is 5.10 Å². The van der Waals surface area contributed by atoms with Crippen molar-refractivity contribution < 1.29 is 4.74 Å². The molecule has 1 atom stereocenters. The lowest BCUT2D eigenvalue weighted by Gasteiger charge is -2.09. The number of ether oxygens (including phenoxy) is 1. The van der Waals surface area contributed by atoms with Gasteiger partial charge in [-0.05, 0) is 31.4 Å². The van der Waals surface area contributed by atoms with E-state index in [9.17, 15) is 0 Å². The van der Waals surface area contributed by atoms with Gasteiger partial charge in [0.15, 0.2) is 0 Å². The molecule has 0 saturated carbocycles. The van der Waals surface area contributed by atoms with Crippen molar-refractivity contribution >= 4 is 0 Å². The Balaban J connectivity index is 1.72. The van der Waals surface area contributed by atoms with Gasteiger partial charge in [0.05, 0.1) is 18.3 Å². The zero-order chi connectivity index (χ0) is 10.1. The molecule has 0 aromatic carbocycles. The molecule has 0 aliphatic carbocycles. The largest absolute Gasteiger partial charge is 0.376 e. The molecule has 0 radical (unpaired) electrons. The Kier molecular flexibility index (Phi) is 2.46. The number of hydrogen-bond acceptors (Lipinski definition) is 3. The summed E-state index contributed by atoms with van der Waals surface area (Å²) in [6.07, 6.45) is 6.08. The molecule has 1 aromatic rings. The Hall–Kier alpha value is -0.870. The average molecular weight is 207 g/mol.